The highest BCUT2D eigenvalue weighted by Gasteiger charge is 2.43. The molecular formula is C25H16N2O4S4. The quantitative estimate of drug-likeness (QED) is 0.294. The Balaban J connectivity index is 1.36. The van der Waals surface area contributed by atoms with Crippen molar-refractivity contribution in [2.24, 2.45) is 0 Å². The number of amides is 4. The highest BCUT2D eigenvalue weighted by Crippen LogP contribution is 2.59. The van der Waals surface area contributed by atoms with Gasteiger partial charge in [-0.15, -0.1) is 45.3 Å². The van der Waals surface area contributed by atoms with E-state index in [1.54, 1.807) is 33.4 Å². The molecule has 0 spiro atoms. The lowest BCUT2D eigenvalue weighted by atomic mass is 9.83. The largest absolute Gasteiger partial charge is 0.277 e. The average Bonchev–Trinajstić information content (AvgIpc) is 3.65. The SMILES string of the molecule is CN1C(=O)c2csc(-c3cc4c(s3)-c3sc(-c5scc6c5C(=O)N(C)C6=O)cc3C4(C)C)c2C1=O. The first kappa shape index (κ1) is 21.4. The first-order valence-corrected chi connectivity index (χ1v) is 14.2. The van der Waals surface area contributed by atoms with Gasteiger partial charge in [-0.3, -0.25) is 29.0 Å². The summed E-state index contributed by atoms with van der Waals surface area (Å²) in [6.07, 6.45) is 0. The van der Waals surface area contributed by atoms with Crippen LogP contribution in [-0.2, 0) is 5.41 Å². The Hall–Kier alpha value is -2.92. The van der Waals surface area contributed by atoms with Crippen LogP contribution >= 0.6 is 45.3 Å². The van der Waals surface area contributed by atoms with Crippen LogP contribution in [-0.4, -0.2) is 47.5 Å². The Morgan fingerprint density at radius 3 is 1.43 bits per heavy atom. The van der Waals surface area contributed by atoms with E-state index in [0.29, 0.717) is 22.3 Å². The lowest BCUT2D eigenvalue weighted by Crippen LogP contribution is -2.24. The molecule has 0 fully saturated rings. The molecule has 174 valence electrons. The summed E-state index contributed by atoms with van der Waals surface area (Å²) in [6, 6.07) is 4.32. The molecular weight excluding hydrogens is 521 g/mol. The highest BCUT2D eigenvalue weighted by atomic mass is 32.1. The van der Waals surface area contributed by atoms with Gasteiger partial charge in [0.1, 0.15) is 0 Å². The molecule has 0 aromatic carbocycles. The number of rotatable bonds is 2. The van der Waals surface area contributed by atoms with Crippen molar-refractivity contribution in [2.45, 2.75) is 19.3 Å². The minimum atomic E-state index is -0.248. The molecule has 6 nitrogen and oxygen atoms in total. The van der Waals surface area contributed by atoms with Gasteiger partial charge in [0.05, 0.1) is 32.0 Å². The van der Waals surface area contributed by atoms with Gasteiger partial charge in [0.2, 0.25) is 0 Å². The summed E-state index contributed by atoms with van der Waals surface area (Å²) < 4.78 is 0. The summed E-state index contributed by atoms with van der Waals surface area (Å²) in [5, 5.41) is 3.57. The number of carbonyl (C=O) groups excluding carboxylic acids is 4. The van der Waals surface area contributed by atoms with Gasteiger partial charge in [0, 0.05) is 49.8 Å². The smallest absolute Gasteiger partial charge is 0.262 e. The summed E-state index contributed by atoms with van der Waals surface area (Å²) in [6.45, 7) is 4.38. The second kappa shape index (κ2) is 6.64. The summed E-state index contributed by atoms with van der Waals surface area (Å²) in [5.74, 6) is -0.985. The van der Waals surface area contributed by atoms with Gasteiger partial charge in [-0.25, -0.2) is 0 Å². The number of imide groups is 2. The molecule has 0 N–H and O–H groups in total. The Morgan fingerprint density at radius 2 is 1.03 bits per heavy atom. The molecule has 4 aromatic heterocycles. The second-order valence-electron chi connectivity index (χ2n) is 9.38. The molecule has 2 aliphatic heterocycles. The summed E-state index contributed by atoms with van der Waals surface area (Å²) >= 11 is 6.18. The number of thiophene rings is 4. The predicted octanol–water partition coefficient (Wildman–Crippen LogP) is 6.02. The zero-order chi connectivity index (χ0) is 24.5. The Labute approximate surface area is 216 Å². The van der Waals surface area contributed by atoms with Gasteiger partial charge < -0.3 is 0 Å². The van der Waals surface area contributed by atoms with Crippen LogP contribution in [0.1, 0.15) is 66.4 Å². The summed E-state index contributed by atoms with van der Waals surface area (Å²) in [7, 11) is 3.04. The third-order valence-electron chi connectivity index (χ3n) is 7.15. The molecule has 4 amide bonds. The van der Waals surface area contributed by atoms with Crippen LogP contribution in [0.5, 0.6) is 0 Å². The summed E-state index contributed by atoms with van der Waals surface area (Å²) in [5.41, 5.74) is 4.16. The van der Waals surface area contributed by atoms with E-state index in [0.717, 1.165) is 29.3 Å². The zero-order valence-electron chi connectivity index (χ0n) is 19.0. The monoisotopic (exact) mass is 536 g/mol. The zero-order valence-corrected chi connectivity index (χ0v) is 22.2. The fourth-order valence-corrected chi connectivity index (χ4v) is 10.2. The van der Waals surface area contributed by atoms with E-state index in [-0.39, 0.29) is 29.0 Å². The van der Waals surface area contributed by atoms with Crippen LogP contribution in [0.2, 0.25) is 0 Å². The molecule has 0 saturated carbocycles. The molecule has 0 atom stereocenters. The van der Waals surface area contributed by atoms with Crippen molar-refractivity contribution in [1.29, 1.82) is 0 Å². The van der Waals surface area contributed by atoms with E-state index in [1.807, 2.05) is 0 Å². The lowest BCUT2D eigenvalue weighted by Gasteiger charge is -2.19. The van der Waals surface area contributed by atoms with Crippen molar-refractivity contribution in [3.63, 3.8) is 0 Å². The maximum atomic E-state index is 12.7. The standard InChI is InChI=1S/C25H16N2O4S4/c1-25(2)11-5-13(19-15-9(7-32-19)21(28)26(3)23(15)30)34-17(11)18-12(25)6-14(35-18)20-16-10(8-33-20)22(29)27(4)24(16)31/h5-8H,1-4H3. The molecule has 7 rings (SSSR count). The van der Waals surface area contributed by atoms with Gasteiger partial charge >= 0.3 is 0 Å². The first-order valence-electron chi connectivity index (χ1n) is 10.8. The maximum Gasteiger partial charge on any atom is 0.262 e. The van der Waals surface area contributed by atoms with Crippen LogP contribution in [0.4, 0.5) is 0 Å². The van der Waals surface area contributed by atoms with Gasteiger partial charge in [-0.2, -0.15) is 0 Å². The van der Waals surface area contributed by atoms with E-state index >= 15 is 0 Å². The van der Waals surface area contributed by atoms with E-state index in [1.165, 1.54) is 57.7 Å². The van der Waals surface area contributed by atoms with Crippen molar-refractivity contribution >= 4 is 69.0 Å². The van der Waals surface area contributed by atoms with E-state index < -0.39 is 0 Å². The predicted molar refractivity (Wildman–Crippen MR) is 139 cm³/mol. The van der Waals surface area contributed by atoms with Crippen LogP contribution in [0.15, 0.2) is 22.9 Å². The molecule has 35 heavy (non-hydrogen) atoms. The molecule has 0 saturated heterocycles. The topological polar surface area (TPSA) is 74.8 Å². The minimum absolute atomic E-state index is 0.246. The van der Waals surface area contributed by atoms with Crippen LogP contribution in [0, 0.1) is 0 Å². The molecule has 0 radical (unpaired) electrons. The van der Waals surface area contributed by atoms with Crippen molar-refractivity contribution in [3.8, 4) is 29.3 Å². The van der Waals surface area contributed by atoms with Gasteiger partial charge in [0.15, 0.2) is 0 Å². The number of fused-ring (bicyclic) bond motifs is 5. The molecule has 4 aromatic rings. The van der Waals surface area contributed by atoms with Gasteiger partial charge in [0.25, 0.3) is 23.6 Å². The second-order valence-corrected chi connectivity index (χ2v) is 13.2. The first-order chi connectivity index (χ1) is 16.6. The van der Waals surface area contributed by atoms with Crippen molar-refractivity contribution in [2.75, 3.05) is 14.1 Å². The molecule has 6 heterocycles. The summed E-state index contributed by atoms with van der Waals surface area (Å²) in [4.78, 5) is 58.6. The molecule has 3 aliphatic rings. The van der Waals surface area contributed by atoms with Crippen LogP contribution in [0.3, 0.4) is 0 Å². The van der Waals surface area contributed by atoms with E-state index in [9.17, 15) is 19.2 Å². The minimum Gasteiger partial charge on any atom is -0.277 e. The normalized spacial score (nSPS) is 17.5. The third kappa shape index (κ3) is 2.47. The lowest BCUT2D eigenvalue weighted by molar-refractivity contribution is 0.0678. The molecule has 1 aliphatic carbocycles. The van der Waals surface area contributed by atoms with Crippen LogP contribution in [0.25, 0.3) is 29.3 Å². The number of hydrogen-bond donors (Lipinski definition) is 0. The highest BCUT2D eigenvalue weighted by molar-refractivity contribution is 7.29. The molecule has 0 unspecified atom stereocenters. The number of carbonyl (C=O) groups is 4. The Kier molecular flexibility index (Phi) is 4.05. The maximum absolute atomic E-state index is 12.7. The average molecular weight is 537 g/mol. The van der Waals surface area contributed by atoms with Crippen LogP contribution < -0.4 is 0 Å². The fraction of sp³-hybridized carbons (Fsp3) is 0.200. The van der Waals surface area contributed by atoms with Crippen molar-refractivity contribution < 1.29 is 19.2 Å². The third-order valence-corrected chi connectivity index (χ3v) is 11.9. The number of hydrogen-bond acceptors (Lipinski definition) is 8. The van der Waals surface area contributed by atoms with E-state index in [2.05, 4.69) is 26.0 Å². The Bertz CT molecular complexity index is 1570. The van der Waals surface area contributed by atoms with E-state index in [4.69, 9.17) is 0 Å². The van der Waals surface area contributed by atoms with Crippen molar-refractivity contribution in [3.05, 3.63) is 56.3 Å². The molecule has 0 bridgehead atoms. The van der Waals surface area contributed by atoms with Crippen molar-refractivity contribution in [1.82, 2.24) is 9.80 Å². The fourth-order valence-electron chi connectivity index (χ4n) is 5.12. The Morgan fingerprint density at radius 1 is 0.629 bits per heavy atom. The van der Waals surface area contributed by atoms with Gasteiger partial charge in [-0.1, -0.05) is 13.8 Å². The number of nitrogens with zero attached hydrogens (tertiary/aromatic N) is 2. The van der Waals surface area contributed by atoms with Gasteiger partial charge in [-0.05, 0) is 23.3 Å². The molecule has 10 heteroatoms.